The van der Waals surface area contributed by atoms with E-state index in [1.165, 1.54) is 13.8 Å². The van der Waals surface area contributed by atoms with Gasteiger partial charge in [-0.15, -0.1) is 0 Å². The summed E-state index contributed by atoms with van der Waals surface area (Å²) >= 11 is 0. The molecule has 24 heteroatoms. The fourth-order valence-corrected chi connectivity index (χ4v) is 6.91. The summed E-state index contributed by atoms with van der Waals surface area (Å²) in [5.41, 5.74) is 13.1. The number of primary amides is 1. The molecule has 0 fully saturated rings. The van der Waals surface area contributed by atoms with Gasteiger partial charge in [0.05, 0.1) is 19.5 Å². The quantitative estimate of drug-likeness (QED) is 0.0285. The average molecular weight is 999 g/mol. The Kier molecular flexibility index (Phi) is 29.4. The molecule has 0 aromatic rings. The molecule has 0 heterocycles. The first-order valence-electron chi connectivity index (χ1n) is 24.3. The van der Waals surface area contributed by atoms with Crippen LogP contribution in [0.5, 0.6) is 0 Å². The van der Waals surface area contributed by atoms with Crippen LogP contribution in [0.25, 0.3) is 0 Å². The highest BCUT2D eigenvalue weighted by atomic mass is 16.4. The molecule has 0 aliphatic carbocycles. The number of carboxylic acid groups (broad SMARTS) is 1. The Hall–Kier alpha value is -5.91. The van der Waals surface area contributed by atoms with Gasteiger partial charge in [0.2, 0.25) is 53.2 Å². The van der Waals surface area contributed by atoms with Gasteiger partial charge in [0, 0.05) is 6.42 Å². The van der Waals surface area contributed by atoms with E-state index in [2.05, 4.69) is 59.3 Å². The van der Waals surface area contributed by atoms with E-state index in [1.807, 2.05) is 13.8 Å². The van der Waals surface area contributed by atoms with Crippen LogP contribution in [0.4, 0.5) is 0 Å². The second-order valence-corrected chi connectivity index (χ2v) is 19.6. The molecule has 0 aromatic carbocycles. The second-order valence-electron chi connectivity index (χ2n) is 19.6. The van der Waals surface area contributed by atoms with E-state index < -0.39 is 144 Å². The molecule has 0 spiro atoms. The lowest BCUT2D eigenvalue weighted by atomic mass is 9.97. The van der Waals surface area contributed by atoms with Crippen molar-refractivity contribution in [2.75, 3.05) is 13.1 Å². The zero-order valence-electron chi connectivity index (χ0n) is 43.4. The van der Waals surface area contributed by atoms with Crippen LogP contribution in [0.1, 0.15) is 128 Å². The number of nitrogens with one attached hydrogen (secondary N) is 9. The van der Waals surface area contributed by atoms with Gasteiger partial charge in [-0.2, -0.15) is 0 Å². The molecule has 400 valence electrons. The summed E-state index contributed by atoms with van der Waals surface area (Å²) in [6.45, 7) is 20.1. The van der Waals surface area contributed by atoms with Gasteiger partial charge < -0.3 is 70.2 Å². The number of amides is 10. The van der Waals surface area contributed by atoms with E-state index in [0.29, 0.717) is 19.3 Å². The van der Waals surface area contributed by atoms with E-state index in [1.54, 1.807) is 55.4 Å². The van der Waals surface area contributed by atoms with Crippen molar-refractivity contribution in [2.45, 2.75) is 182 Å². The molecule has 18 N–H and O–H groups in total. The maximum Gasteiger partial charge on any atom is 0.326 e. The molecule has 0 saturated heterocycles. The first-order chi connectivity index (χ1) is 32.5. The summed E-state index contributed by atoms with van der Waals surface area (Å²) in [6, 6.07) is -10.4. The van der Waals surface area contributed by atoms with Crippen LogP contribution in [-0.2, 0) is 52.7 Å². The minimum absolute atomic E-state index is 0.0160. The molecule has 10 atom stereocenters. The van der Waals surface area contributed by atoms with Crippen LogP contribution in [0.15, 0.2) is 0 Å². The Labute approximate surface area is 412 Å². The summed E-state index contributed by atoms with van der Waals surface area (Å²) in [6.07, 6.45) is 2.21. The van der Waals surface area contributed by atoms with Gasteiger partial charge in [0.25, 0.3) is 5.91 Å². The number of carboxylic acids is 1. The number of quaternary nitrogens is 2. The molecule has 0 unspecified atom stereocenters. The largest absolute Gasteiger partial charge is 0.480 e. The van der Waals surface area contributed by atoms with Gasteiger partial charge in [-0.25, -0.2) is 4.79 Å². The van der Waals surface area contributed by atoms with E-state index in [4.69, 9.17) is 5.73 Å². The summed E-state index contributed by atoms with van der Waals surface area (Å²) in [7, 11) is 0. The normalized spacial score (nSPS) is 15.6. The molecule has 70 heavy (non-hydrogen) atoms. The number of aliphatic carboxylic acids is 1. The maximum absolute atomic E-state index is 13.6. The molecule has 0 bridgehead atoms. The smallest absolute Gasteiger partial charge is 0.326 e. The first kappa shape index (κ1) is 64.1. The molecular weight excluding hydrogens is 913 g/mol. The molecule has 0 aliphatic heterocycles. The number of rotatable bonds is 33. The number of carbonyl (C=O) groups is 11. The predicted octanol–water partition coefficient (Wildman–Crippen LogP) is -3.55. The monoisotopic (exact) mass is 999 g/mol. The van der Waals surface area contributed by atoms with Crippen molar-refractivity contribution in [1.82, 2.24) is 47.9 Å². The molecule has 10 amide bonds. The van der Waals surface area contributed by atoms with Crippen molar-refractivity contribution in [3.05, 3.63) is 0 Å². The molecule has 0 saturated carbocycles. The van der Waals surface area contributed by atoms with Crippen molar-refractivity contribution >= 4 is 65.0 Å². The highest BCUT2D eigenvalue weighted by molar-refractivity contribution is 5.98. The lowest BCUT2D eigenvalue weighted by Crippen LogP contribution is -2.69. The van der Waals surface area contributed by atoms with Gasteiger partial charge >= 0.3 is 5.97 Å². The van der Waals surface area contributed by atoms with Crippen LogP contribution >= 0.6 is 0 Å². The molecular formula is C46H86N12O12+2. The van der Waals surface area contributed by atoms with E-state index in [0.717, 1.165) is 19.4 Å². The van der Waals surface area contributed by atoms with Gasteiger partial charge in [0.1, 0.15) is 48.3 Å². The Bertz CT molecular complexity index is 1800. The summed E-state index contributed by atoms with van der Waals surface area (Å²) in [5, 5.41) is 32.2. The minimum Gasteiger partial charge on any atom is -0.480 e. The van der Waals surface area contributed by atoms with Crippen LogP contribution in [0, 0.1) is 29.6 Å². The number of carbonyl (C=O) groups excluding carboxylic acids is 10. The van der Waals surface area contributed by atoms with Crippen LogP contribution in [-0.4, -0.2) is 138 Å². The van der Waals surface area contributed by atoms with E-state index in [-0.39, 0.29) is 24.2 Å². The van der Waals surface area contributed by atoms with Crippen molar-refractivity contribution in [1.29, 1.82) is 0 Å². The van der Waals surface area contributed by atoms with E-state index in [9.17, 15) is 57.8 Å². The Balaban J connectivity index is 5.90. The lowest BCUT2D eigenvalue weighted by Gasteiger charge is -2.28. The summed E-state index contributed by atoms with van der Waals surface area (Å²) in [4.78, 5) is 143. The third-order valence-corrected chi connectivity index (χ3v) is 11.4. The van der Waals surface area contributed by atoms with Crippen LogP contribution in [0.2, 0.25) is 0 Å². The van der Waals surface area contributed by atoms with Gasteiger partial charge in [-0.3, -0.25) is 47.9 Å². The number of nitrogens with two attached hydrogens (primary N) is 1. The fraction of sp³-hybridized carbons (Fsp3) is 0.761. The van der Waals surface area contributed by atoms with Gasteiger partial charge in [0.15, 0.2) is 6.04 Å². The minimum atomic E-state index is -1.60. The van der Waals surface area contributed by atoms with Crippen molar-refractivity contribution in [2.24, 2.45) is 35.3 Å². The lowest BCUT2D eigenvalue weighted by molar-refractivity contribution is -0.406. The molecule has 0 radical (unpaired) electrons. The van der Waals surface area contributed by atoms with Crippen molar-refractivity contribution in [3.8, 4) is 0 Å². The second kappa shape index (κ2) is 32.1. The van der Waals surface area contributed by atoms with Crippen molar-refractivity contribution < 1.29 is 69.3 Å². The fourth-order valence-electron chi connectivity index (χ4n) is 6.91. The number of hydrogen-bond acceptors (Lipinski definition) is 11. The van der Waals surface area contributed by atoms with E-state index >= 15 is 0 Å². The van der Waals surface area contributed by atoms with Gasteiger partial charge in [-0.05, 0) is 69.1 Å². The zero-order chi connectivity index (χ0) is 54.2. The molecule has 24 nitrogen and oxygen atoms in total. The zero-order valence-corrected chi connectivity index (χ0v) is 43.4. The first-order valence-corrected chi connectivity index (χ1v) is 24.3. The Morgan fingerprint density at radius 2 is 0.957 bits per heavy atom. The number of hydrogen-bond donors (Lipinski definition) is 13. The predicted molar refractivity (Wildman–Crippen MR) is 258 cm³/mol. The Morgan fingerprint density at radius 3 is 1.43 bits per heavy atom. The third kappa shape index (κ3) is 24.1. The molecule has 0 aromatic heterocycles. The highest BCUT2D eigenvalue weighted by Crippen LogP contribution is 2.12. The van der Waals surface area contributed by atoms with Crippen LogP contribution in [0.3, 0.4) is 0 Å². The Morgan fingerprint density at radius 1 is 0.514 bits per heavy atom. The number of unbranched alkanes of at least 4 members (excludes halogenated alkanes) is 1. The standard InChI is InChI=1S/C46H84N12O12/c1-13-26(10)37(45(68)55-32(20-33(49)59)42(65)51-28(12)39(62)58-36(25(8)9)46(69)70)56-34(60)21-50-41(64)30(18-22(2)3)53-38(61)27(11)52-44(67)35(24(6)7)57-43(66)31(19-23(4)5)54-40(63)29(48)16-14-15-17-47/h22-32,35-37H,13-21,47-48H2,1-12H3,(H2,49,59)(H,50,64)(H,51,65)(H,52,67)(H,53,61)(H,54,63)(H,55,68)(H,56,60)(H,57,66)(H,58,62)(H,69,70)/p+2/t26-,27-,28-,29-,30-,31-,32-,35-,36-,37-/m0/s1. The summed E-state index contributed by atoms with van der Waals surface area (Å²) in [5.74, 6) is -10.5. The van der Waals surface area contributed by atoms with Crippen molar-refractivity contribution in [3.63, 3.8) is 0 Å². The molecule has 0 aliphatic rings. The molecule has 0 rings (SSSR count). The average Bonchev–Trinajstić information content (AvgIpc) is 3.25. The summed E-state index contributed by atoms with van der Waals surface area (Å²) < 4.78 is 0. The van der Waals surface area contributed by atoms with Crippen LogP contribution < -0.4 is 65.1 Å². The highest BCUT2D eigenvalue weighted by Gasteiger charge is 2.35. The van der Waals surface area contributed by atoms with Gasteiger partial charge in [-0.1, -0.05) is 75.7 Å². The maximum atomic E-state index is 13.6. The topological polar surface area (TPSA) is 398 Å². The third-order valence-electron chi connectivity index (χ3n) is 11.4. The SMILES string of the molecule is CC[C@H](C)[C@H](NC(=O)CNC(=O)[C@H](CC(C)C)NC(=O)[C@H](C)NC(=O)[C@@H](NC(=O)[C@H](CC(C)C)NC(=O)[C@@H]([NH3+])CCCC[NH3+])C(C)C)C(=O)N[C@@H](CC(N)=O)C(=O)N[C@@H](C)C(=O)N[C@H](C(=O)O)C(C)C.